The first kappa shape index (κ1) is 23.3. The van der Waals surface area contributed by atoms with Gasteiger partial charge in [-0.2, -0.15) is 4.40 Å². The summed E-state index contributed by atoms with van der Waals surface area (Å²) in [6.45, 7) is 9.41. The van der Waals surface area contributed by atoms with E-state index in [9.17, 15) is 4.79 Å². The third-order valence-corrected chi connectivity index (χ3v) is 5.40. The van der Waals surface area contributed by atoms with Crippen LogP contribution in [-0.2, 0) is 0 Å². The van der Waals surface area contributed by atoms with Gasteiger partial charge in [-0.05, 0) is 62.4 Å². The van der Waals surface area contributed by atoms with Gasteiger partial charge in [0.05, 0.1) is 0 Å². The summed E-state index contributed by atoms with van der Waals surface area (Å²) >= 11 is 1.25. The van der Waals surface area contributed by atoms with Gasteiger partial charge in [-0.3, -0.25) is 9.79 Å². The molecule has 1 amide bonds. The van der Waals surface area contributed by atoms with Crippen LogP contribution in [0.4, 0.5) is 5.69 Å². The summed E-state index contributed by atoms with van der Waals surface area (Å²) in [5.74, 6) is 2.29. The molecule has 1 aliphatic rings. The number of guanidine groups is 1. The number of carbonyl (C=O) groups excluding carboxylic acids is 1. The predicted molar refractivity (Wildman–Crippen MR) is 133 cm³/mol. The second-order valence-electron chi connectivity index (χ2n) is 7.19. The Hall–Kier alpha value is -3.33. The standard InChI is InChI=1S/C23H28N6O2S/c1-15-13-20(16(2)12-19(15)28-23-26-10-5-11-27-23)31-14-32-29-21(24-3)17-6-8-18(9-7-17)22(30)25-4/h6-9,12-13H,3,5,10-11,14H2,1-2,4H3,(H,25,30)(H2,26,27,28)/b29-21-. The zero-order valence-corrected chi connectivity index (χ0v) is 19.4. The Morgan fingerprint density at radius 1 is 1.22 bits per heavy atom. The second kappa shape index (κ2) is 11.3. The maximum Gasteiger partial charge on any atom is 0.251 e. The molecular weight excluding hydrogens is 424 g/mol. The molecule has 0 fully saturated rings. The van der Waals surface area contributed by atoms with Crippen LogP contribution in [0.2, 0.25) is 0 Å². The van der Waals surface area contributed by atoms with Crippen molar-refractivity contribution in [3.05, 3.63) is 58.7 Å². The number of aliphatic imine (C=N–C) groups is 2. The number of aryl methyl sites for hydroxylation is 2. The van der Waals surface area contributed by atoms with Gasteiger partial charge in [0, 0.05) is 48.9 Å². The van der Waals surface area contributed by atoms with Crippen LogP contribution in [0.1, 0.15) is 33.5 Å². The molecule has 0 unspecified atom stereocenters. The Kier molecular flexibility index (Phi) is 8.27. The largest absolute Gasteiger partial charge is 0.481 e. The van der Waals surface area contributed by atoms with Crippen LogP contribution in [-0.4, -0.2) is 50.5 Å². The zero-order chi connectivity index (χ0) is 22.9. The van der Waals surface area contributed by atoms with Gasteiger partial charge in [-0.25, -0.2) is 4.99 Å². The molecule has 3 rings (SSSR count). The number of rotatable bonds is 7. The molecule has 0 bridgehead atoms. The highest BCUT2D eigenvalue weighted by Gasteiger charge is 2.10. The van der Waals surface area contributed by atoms with E-state index in [0.717, 1.165) is 53.6 Å². The van der Waals surface area contributed by atoms with E-state index in [-0.39, 0.29) is 5.91 Å². The van der Waals surface area contributed by atoms with Gasteiger partial charge in [0.1, 0.15) is 5.75 Å². The van der Waals surface area contributed by atoms with Crippen LogP contribution in [0.25, 0.3) is 0 Å². The summed E-state index contributed by atoms with van der Waals surface area (Å²) in [4.78, 5) is 20.1. The van der Waals surface area contributed by atoms with Gasteiger partial charge >= 0.3 is 0 Å². The van der Waals surface area contributed by atoms with Gasteiger partial charge in [0.2, 0.25) is 0 Å². The van der Waals surface area contributed by atoms with Crippen molar-refractivity contribution < 1.29 is 9.53 Å². The van der Waals surface area contributed by atoms with Gasteiger partial charge in [0.15, 0.2) is 17.7 Å². The fourth-order valence-electron chi connectivity index (χ4n) is 3.09. The van der Waals surface area contributed by atoms with Crippen molar-refractivity contribution in [1.82, 2.24) is 10.6 Å². The van der Waals surface area contributed by atoms with Gasteiger partial charge in [-0.1, -0.05) is 12.1 Å². The van der Waals surface area contributed by atoms with Crippen molar-refractivity contribution in [2.75, 3.05) is 31.4 Å². The molecule has 0 aliphatic carbocycles. The summed E-state index contributed by atoms with van der Waals surface area (Å²) in [5, 5.41) is 9.21. The number of benzene rings is 2. The summed E-state index contributed by atoms with van der Waals surface area (Å²) in [6.07, 6.45) is 1.06. The first-order valence-electron chi connectivity index (χ1n) is 10.3. The van der Waals surface area contributed by atoms with E-state index in [2.05, 4.69) is 43.1 Å². The number of carbonyl (C=O) groups is 1. The Balaban J connectivity index is 1.59. The van der Waals surface area contributed by atoms with Gasteiger partial charge < -0.3 is 20.7 Å². The lowest BCUT2D eigenvalue weighted by molar-refractivity contribution is 0.0963. The fraction of sp³-hybridized carbons (Fsp3) is 0.304. The van der Waals surface area contributed by atoms with Crippen LogP contribution >= 0.6 is 11.9 Å². The first-order valence-corrected chi connectivity index (χ1v) is 11.2. The minimum absolute atomic E-state index is 0.140. The zero-order valence-electron chi connectivity index (χ0n) is 18.6. The smallest absolute Gasteiger partial charge is 0.251 e. The van der Waals surface area contributed by atoms with E-state index in [4.69, 9.17) is 4.74 Å². The summed E-state index contributed by atoms with van der Waals surface area (Å²) in [6, 6.07) is 11.1. The lowest BCUT2D eigenvalue weighted by Gasteiger charge is -2.18. The fourth-order valence-corrected chi connectivity index (χ4v) is 3.61. The Bertz CT molecular complexity index is 1030. The van der Waals surface area contributed by atoms with Gasteiger partial charge in [0.25, 0.3) is 5.91 Å². The highest BCUT2D eigenvalue weighted by molar-refractivity contribution is 7.98. The minimum Gasteiger partial charge on any atom is -0.481 e. The van der Waals surface area contributed by atoms with E-state index in [1.807, 2.05) is 19.9 Å². The molecule has 2 aromatic carbocycles. The number of nitrogens with one attached hydrogen (secondary N) is 3. The second-order valence-corrected chi connectivity index (χ2v) is 7.87. The number of nitrogens with zero attached hydrogens (tertiary/aromatic N) is 3. The van der Waals surface area contributed by atoms with Crippen LogP contribution < -0.4 is 20.7 Å². The maximum atomic E-state index is 11.7. The van der Waals surface area contributed by atoms with Gasteiger partial charge in [-0.15, -0.1) is 0 Å². The van der Waals surface area contributed by atoms with Crippen LogP contribution in [0.5, 0.6) is 5.75 Å². The van der Waals surface area contributed by atoms with Crippen molar-refractivity contribution >= 4 is 42.1 Å². The van der Waals surface area contributed by atoms with E-state index < -0.39 is 0 Å². The predicted octanol–water partition coefficient (Wildman–Crippen LogP) is 3.56. The highest BCUT2D eigenvalue weighted by atomic mass is 32.2. The van der Waals surface area contributed by atoms with Crippen LogP contribution in [0, 0.1) is 13.8 Å². The molecular formula is C23H28N6O2S. The SMILES string of the molecule is C=N/C(=N\SCOc1cc(C)c(NC2=NCCCN2)cc1C)c1ccc(C(=O)NC)cc1. The minimum atomic E-state index is -0.140. The molecule has 0 aromatic heterocycles. The molecule has 1 heterocycles. The lowest BCUT2D eigenvalue weighted by atomic mass is 10.1. The third kappa shape index (κ3) is 6.10. The number of ether oxygens (including phenoxy) is 1. The summed E-state index contributed by atoms with van der Waals surface area (Å²) < 4.78 is 10.3. The van der Waals surface area contributed by atoms with Crippen LogP contribution in [0.15, 0.2) is 50.8 Å². The van der Waals surface area contributed by atoms with E-state index in [1.54, 1.807) is 31.3 Å². The molecule has 1 aliphatic heterocycles. The molecule has 9 heteroatoms. The molecule has 0 atom stereocenters. The van der Waals surface area contributed by atoms with E-state index in [0.29, 0.717) is 17.3 Å². The number of amides is 1. The Labute approximate surface area is 192 Å². The normalized spacial score (nSPS) is 13.6. The van der Waals surface area contributed by atoms with E-state index >= 15 is 0 Å². The molecule has 2 aromatic rings. The average Bonchev–Trinajstić information content (AvgIpc) is 2.82. The number of hydrogen-bond acceptors (Lipinski definition) is 7. The average molecular weight is 453 g/mol. The molecule has 0 spiro atoms. The highest BCUT2D eigenvalue weighted by Crippen LogP contribution is 2.27. The number of amidine groups is 1. The number of anilines is 1. The monoisotopic (exact) mass is 452 g/mol. The molecule has 32 heavy (non-hydrogen) atoms. The quantitative estimate of drug-likeness (QED) is 0.196. The summed E-state index contributed by atoms with van der Waals surface area (Å²) in [5.41, 5.74) is 4.45. The van der Waals surface area contributed by atoms with Crippen molar-refractivity contribution in [2.45, 2.75) is 20.3 Å². The maximum absolute atomic E-state index is 11.7. The topological polar surface area (TPSA) is 99.5 Å². The van der Waals surface area contributed by atoms with Crippen molar-refractivity contribution in [1.29, 1.82) is 0 Å². The third-order valence-electron chi connectivity index (χ3n) is 4.87. The summed E-state index contributed by atoms with van der Waals surface area (Å²) in [7, 11) is 1.60. The van der Waals surface area contributed by atoms with Crippen molar-refractivity contribution in [3.8, 4) is 5.75 Å². The molecule has 0 radical (unpaired) electrons. The number of hydrogen-bond donors (Lipinski definition) is 3. The Morgan fingerprint density at radius 3 is 2.62 bits per heavy atom. The molecule has 0 saturated carbocycles. The van der Waals surface area contributed by atoms with E-state index in [1.165, 1.54) is 11.9 Å². The molecule has 168 valence electrons. The molecule has 8 nitrogen and oxygen atoms in total. The molecule has 3 N–H and O–H groups in total. The Morgan fingerprint density at radius 2 is 1.97 bits per heavy atom. The molecule has 0 saturated heterocycles. The van der Waals surface area contributed by atoms with Crippen LogP contribution in [0.3, 0.4) is 0 Å². The first-order chi connectivity index (χ1) is 15.5. The lowest BCUT2D eigenvalue weighted by Crippen LogP contribution is -2.35. The van der Waals surface area contributed by atoms with Crippen molar-refractivity contribution in [2.24, 2.45) is 14.4 Å². The van der Waals surface area contributed by atoms with Crippen molar-refractivity contribution in [3.63, 3.8) is 0 Å².